The first kappa shape index (κ1) is 24.6. The molecule has 1 heterocycles. The summed E-state index contributed by atoms with van der Waals surface area (Å²) in [6, 6.07) is 0. The van der Waals surface area contributed by atoms with E-state index in [-0.39, 0.29) is 18.9 Å². The van der Waals surface area contributed by atoms with Crippen molar-refractivity contribution < 1.29 is 38.0 Å². The van der Waals surface area contributed by atoms with Crippen LogP contribution in [0.2, 0.25) is 0 Å². The first-order chi connectivity index (χ1) is 13.1. The molecule has 1 saturated heterocycles. The Hall–Kier alpha value is -1.48. The molecule has 0 aromatic carbocycles. The highest BCUT2D eigenvalue weighted by molar-refractivity contribution is 5.75. The van der Waals surface area contributed by atoms with Crippen LogP contribution in [0.4, 0.5) is 0 Å². The van der Waals surface area contributed by atoms with Gasteiger partial charge >= 0.3 is 11.9 Å². The zero-order valence-corrected chi connectivity index (χ0v) is 17.9. The average Bonchev–Trinajstić information content (AvgIpc) is 2.62. The number of hydrogen-bond donors (Lipinski definition) is 0. The molecule has 0 aromatic heterocycles. The number of hydrogen-bond acceptors (Lipinski definition) is 8. The maximum atomic E-state index is 12.5. The summed E-state index contributed by atoms with van der Waals surface area (Å²) in [4.78, 5) is 25.0. The Morgan fingerprint density at radius 3 is 2.18 bits per heavy atom. The molecule has 8 heteroatoms. The minimum absolute atomic E-state index is 0.0584. The van der Waals surface area contributed by atoms with Crippen LogP contribution in [-0.2, 0) is 38.0 Å². The Labute approximate surface area is 167 Å². The van der Waals surface area contributed by atoms with Gasteiger partial charge in [0.15, 0.2) is 18.5 Å². The van der Waals surface area contributed by atoms with Gasteiger partial charge in [0.2, 0.25) is 0 Å². The summed E-state index contributed by atoms with van der Waals surface area (Å²) in [7, 11) is 4.41. The van der Waals surface area contributed by atoms with Crippen LogP contribution in [0, 0.1) is 11.3 Å². The normalized spacial score (nSPS) is 29.0. The Balaban J connectivity index is 3.18. The number of carbonyl (C=O) groups excluding carboxylic acids is 2. The fourth-order valence-corrected chi connectivity index (χ4v) is 2.74. The first-order valence-corrected chi connectivity index (χ1v) is 9.32. The maximum absolute atomic E-state index is 12.5. The molecule has 0 spiro atoms. The monoisotopic (exact) mass is 402 g/mol. The Morgan fingerprint density at radius 1 is 1.07 bits per heavy atom. The van der Waals surface area contributed by atoms with Crippen molar-refractivity contribution in [3.8, 4) is 0 Å². The maximum Gasteiger partial charge on any atom is 0.311 e. The van der Waals surface area contributed by atoms with Gasteiger partial charge in [0, 0.05) is 21.3 Å². The number of rotatable bonds is 9. The van der Waals surface area contributed by atoms with Gasteiger partial charge in [-0.05, 0) is 26.7 Å². The number of carbonyl (C=O) groups is 2. The van der Waals surface area contributed by atoms with Crippen molar-refractivity contribution in [3.63, 3.8) is 0 Å². The highest BCUT2D eigenvalue weighted by Gasteiger charge is 2.51. The predicted octanol–water partition coefficient (Wildman–Crippen LogP) is 2.10. The third-order valence-electron chi connectivity index (χ3n) is 4.44. The van der Waals surface area contributed by atoms with Gasteiger partial charge in [-0.2, -0.15) is 0 Å². The molecule has 1 aliphatic heterocycles. The molecule has 0 saturated carbocycles. The fourth-order valence-electron chi connectivity index (χ4n) is 2.74. The van der Waals surface area contributed by atoms with Crippen molar-refractivity contribution in [2.45, 2.75) is 64.8 Å². The largest absolute Gasteiger partial charge is 0.455 e. The van der Waals surface area contributed by atoms with Gasteiger partial charge in [0.1, 0.15) is 12.2 Å². The lowest BCUT2D eigenvalue weighted by Gasteiger charge is -2.44. The Kier molecular flexibility index (Phi) is 9.56. The SMILES string of the molecule is C=C[C@H](C)CC(=O)O[C@H]1[C@@H](OC(=O)C(C)(C)C)[C@@H](COC)O[C@H](OC)[C@@H]1OC. The van der Waals surface area contributed by atoms with Crippen LogP contribution in [0.5, 0.6) is 0 Å². The lowest BCUT2D eigenvalue weighted by atomic mass is 9.95. The van der Waals surface area contributed by atoms with E-state index >= 15 is 0 Å². The molecule has 0 bridgehead atoms. The molecule has 8 nitrogen and oxygen atoms in total. The molecular weight excluding hydrogens is 368 g/mol. The molecule has 1 rings (SSSR count). The van der Waals surface area contributed by atoms with Crippen LogP contribution < -0.4 is 0 Å². The molecule has 162 valence electrons. The van der Waals surface area contributed by atoms with E-state index in [0.717, 1.165) is 0 Å². The summed E-state index contributed by atoms with van der Waals surface area (Å²) in [6.07, 6.45) is -2.30. The van der Waals surface area contributed by atoms with E-state index in [4.69, 9.17) is 28.4 Å². The molecule has 0 aliphatic carbocycles. The quantitative estimate of drug-likeness (QED) is 0.428. The summed E-state index contributed by atoms with van der Waals surface area (Å²) in [5, 5.41) is 0. The van der Waals surface area contributed by atoms with E-state index in [1.807, 2.05) is 6.92 Å². The van der Waals surface area contributed by atoms with E-state index in [2.05, 4.69) is 6.58 Å². The predicted molar refractivity (Wildman–Crippen MR) is 102 cm³/mol. The van der Waals surface area contributed by atoms with Gasteiger partial charge in [-0.15, -0.1) is 6.58 Å². The topological polar surface area (TPSA) is 89.5 Å². The molecule has 28 heavy (non-hydrogen) atoms. The Morgan fingerprint density at radius 2 is 1.71 bits per heavy atom. The fraction of sp³-hybridized carbons (Fsp3) is 0.800. The summed E-state index contributed by atoms with van der Waals surface area (Å²) in [5.74, 6) is -0.963. The second-order valence-electron chi connectivity index (χ2n) is 7.93. The van der Waals surface area contributed by atoms with Gasteiger partial charge in [-0.1, -0.05) is 13.0 Å². The molecule has 0 amide bonds. The molecule has 0 N–H and O–H groups in total. The van der Waals surface area contributed by atoms with Crippen molar-refractivity contribution in [2.24, 2.45) is 11.3 Å². The number of ether oxygens (including phenoxy) is 6. The highest BCUT2D eigenvalue weighted by Crippen LogP contribution is 2.31. The minimum Gasteiger partial charge on any atom is -0.455 e. The van der Waals surface area contributed by atoms with Gasteiger partial charge in [-0.25, -0.2) is 0 Å². The molecule has 0 radical (unpaired) electrons. The molecular formula is C20H34O8. The summed E-state index contributed by atoms with van der Waals surface area (Å²) >= 11 is 0. The molecule has 0 aromatic rings. The lowest BCUT2D eigenvalue weighted by Crippen LogP contribution is -2.62. The lowest BCUT2D eigenvalue weighted by molar-refractivity contribution is -0.306. The molecule has 1 aliphatic rings. The van der Waals surface area contributed by atoms with Crippen LogP contribution in [-0.4, -0.2) is 70.6 Å². The van der Waals surface area contributed by atoms with Gasteiger partial charge in [0.25, 0.3) is 0 Å². The highest BCUT2D eigenvalue weighted by atomic mass is 16.7. The van der Waals surface area contributed by atoms with Crippen molar-refractivity contribution in [1.29, 1.82) is 0 Å². The third-order valence-corrected chi connectivity index (χ3v) is 4.44. The second kappa shape index (κ2) is 10.9. The number of allylic oxidation sites excluding steroid dienone is 1. The molecule has 6 atom stereocenters. The number of methoxy groups -OCH3 is 3. The standard InChI is InChI=1S/C20H34O8/c1-9-12(2)10-14(21)27-16-15(28-19(22)20(3,4)5)13(11-23-6)26-18(25-8)17(16)24-7/h9,12-13,15-18H,1,10-11H2,2-8H3/t12-,13+,15-,16-,17+,18-/m0/s1. The van der Waals surface area contributed by atoms with Crippen molar-refractivity contribution >= 4 is 11.9 Å². The van der Waals surface area contributed by atoms with E-state index in [9.17, 15) is 9.59 Å². The van der Waals surface area contributed by atoms with E-state index in [1.54, 1.807) is 26.8 Å². The van der Waals surface area contributed by atoms with Crippen molar-refractivity contribution in [1.82, 2.24) is 0 Å². The summed E-state index contributed by atoms with van der Waals surface area (Å²) in [5.41, 5.74) is -0.746. The molecule has 0 unspecified atom stereocenters. The number of esters is 2. The smallest absolute Gasteiger partial charge is 0.311 e. The summed E-state index contributed by atoms with van der Waals surface area (Å²) < 4.78 is 33.3. The van der Waals surface area contributed by atoms with Crippen LogP contribution in [0.1, 0.15) is 34.1 Å². The molecule has 1 fully saturated rings. The van der Waals surface area contributed by atoms with Crippen molar-refractivity contribution in [3.05, 3.63) is 12.7 Å². The van der Waals surface area contributed by atoms with Crippen LogP contribution in [0.3, 0.4) is 0 Å². The summed E-state index contributed by atoms with van der Waals surface area (Å²) in [6.45, 7) is 10.9. The van der Waals surface area contributed by atoms with Gasteiger partial charge in [-0.3, -0.25) is 9.59 Å². The van der Waals surface area contributed by atoms with Crippen molar-refractivity contribution in [2.75, 3.05) is 27.9 Å². The second-order valence-corrected chi connectivity index (χ2v) is 7.93. The van der Waals surface area contributed by atoms with Crippen LogP contribution in [0.15, 0.2) is 12.7 Å². The van der Waals surface area contributed by atoms with Gasteiger partial charge in [0.05, 0.1) is 18.4 Å². The zero-order chi connectivity index (χ0) is 21.5. The van der Waals surface area contributed by atoms with Crippen LogP contribution in [0.25, 0.3) is 0 Å². The van der Waals surface area contributed by atoms with E-state index < -0.39 is 48.1 Å². The van der Waals surface area contributed by atoms with Gasteiger partial charge < -0.3 is 28.4 Å². The van der Waals surface area contributed by atoms with E-state index in [0.29, 0.717) is 0 Å². The Bertz CT molecular complexity index is 527. The van der Waals surface area contributed by atoms with E-state index in [1.165, 1.54) is 21.3 Å². The van der Waals surface area contributed by atoms with Crippen LogP contribution >= 0.6 is 0 Å². The first-order valence-electron chi connectivity index (χ1n) is 9.32. The third kappa shape index (κ3) is 6.55. The minimum atomic E-state index is -0.917. The zero-order valence-electron chi connectivity index (χ0n) is 17.9. The average molecular weight is 402 g/mol.